The molecule has 2 heterocycles. The predicted octanol–water partition coefficient (Wildman–Crippen LogP) is 1.33. The molecule has 1 aromatic carbocycles. The molecule has 0 saturated heterocycles. The monoisotopic (exact) mass is 343 g/mol. The van der Waals surface area contributed by atoms with Gasteiger partial charge < -0.3 is 15.0 Å². The number of carbonyl (C=O) groups is 1. The summed E-state index contributed by atoms with van der Waals surface area (Å²) < 4.78 is 6.91. The third-order valence-corrected chi connectivity index (χ3v) is 3.89. The number of benzene rings is 1. The molecule has 8 nitrogen and oxygen atoms in total. The third-order valence-electron chi connectivity index (χ3n) is 3.89. The van der Waals surface area contributed by atoms with E-state index in [-0.39, 0.29) is 11.6 Å². The van der Waals surface area contributed by atoms with Gasteiger partial charge >= 0.3 is 5.69 Å². The third kappa shape index (κ3) is 3.80. The van der Waals surface area contributed by atoms with Crippen LogP contribution in [0.5, 0.6) is 0 Å². The second-order valence-electron chi connectivity index (χ2n) is 5.74. The van der Waals surface area contributed by atoms with E-state index >= 15 is 0 Å². The van der Waals surface area contributed by atoms with Crippen molar-refractivity contribution in [1.29, 1.82) is 0 Å². The summed E-state index contributed by atoms with van der Waals surface area (Å²) in [6.45, 7) is 5.70. The first kappa shape index (κ1) is 17.0. The number of amides is 1. The largest absolute Gasteiger partial charge is 0.380 e. The van der Waals surface area contributed by atoms with Gasteiger partial charge in [-0.1, -0.05) is 0 Å². The van der Waals surface area contributed by atoms with Gasteiger partial charge in [-0.2, -0.15) is 5.10 Å². The van der Waals surface area contributed by atoms with Crippen LogP contribution in [-0.4, -0.2) is 38.9 Å². The zero-order valence-corrected chi connectivity index (χ0v) is 14.3. The van der Waals surface area contributed by atoms with Gasteiger partial charge in [-0.3, -0.25) is 14.5 Å². The van der Waals surface area contributed by atoms with Gasteiger partial charge in [0.05, 0.1) is 36.4 Å². The lowest BCUT2D eigenvalue weighted by Gasteiger charge is -2.05. The molecule has 0 spiro atoms. The van der Waals surface area contributed by atoms with Crippen LogP contribution in [0.25, 0.3) is 11.0 Å². The van der Waals surface area contributed by atoms with Crippen molar-refractivity contribution in [1.82, 2.24) is 25.1 Å². The molecule has 132 valence electrons. The molecular weight excluding hydrogens is 322 g/mol. The summed E-state index contributed by atoms with van der Waals surface area (Å²) >= 11 is 0. The van der Waals surface area contributed by atoms with Crippen molar-refractivity contribution in [2.75, 3.05) is 13.2 Å². The van der Waals surface area contributed by atoms with Crippen LogP contribution in [0.15, 0.2) is 29.1 Å². The number of imidazole rings is 1. The average Bonchev–Trinajstić information content (AvgIpc) is 3.15. The van der Waals surface area contributed by atoms with Gasteiger partial charge in [0.15, 0.2) is 0 Å². The number of nitrogens with one attached hydrogen (secondary N) is 3. The molecule has 25 heavy (non-hydrogen) atoms. The minimum Gasteiger partial charge on any atom is -0.380 e. The molecule has 0 saturated carbocycles. The Hall–Kier alpha value is -2.87. The Kier molecular flexibility index (Phi) is 4.99. The van der Waals surface area contributed by atoms with Crippen LogP contribution < -0.4 is 11.0 Å². The first-order valence-electron chi connectivity index (χ1n) is 8.18. The Bertz CT molecular complexity index is 937. The van der Waals surface area contributed by atoms with E-state index in [4.69, 9.17) is 4.74 Å². The van der Waals surface area contributed by atoms with E-state index in [0.717, 1.165) is 16.9 Å². The van der Waals surface area contributed by atoms with Gasteiger partial charge in [0.2, 0.25) is 0 Å². The predicted molar refractivity (Wildman–Crippen MR) is 93.5 cm³/mol. The fourth-order valence-corrected chi connectivity index (χ4v) is 2.66. The lowest BCUT2D eigenvalue weighted by atomic mass is 10.2. The van der Waals surface area contributed by atoms with Crippen molar-refractivity contribution >= 4 is 16.9 Å². The fraction of sp³-hybridized carbons (Fsp3) is 0.353. The van der Waals surface area contributed by atoms with Crippen molar-refractivity contribution in [2.45, 2.75) is 26.9 Å². The van der Waals surface area contributed by atoms with E-state index < -0.39 is 0 Å². The molecule has 3 aromatic rings. The van der Waals surface area contributed by atoms with Crippen LogP contribution in [0.1, 0.15) is 28.7 Å². The zero-order valence-electron chi connectivity index (χ0n) is 14.3. The minimum absolute atomic E-state index is 0.209. The highest BCUT2D eigenvalue weighted by atomic mass is 16.5. The smallest absolute Gasteiger partial charge is 0.326 e. The van der Waals surface area contributed by atoms with Crippen molar-refractivity contribution in [3.8, 4) is 0 Å². The lowest BCUT2D eigenvalue weighted by Crippen LogP contribution is -2.22. The number of hydrogen-bond donors (Lipinski definition) is 3. The molecule has 0 aliphatic carbocycles. The van der Waals surface area contributed by atoms with E-state index in [1.165, 1.54) is 0 Å². The van der Waals surface area contributed by atoms with Crippen LogP contribution in [-0.2, 0) is 17.8 Å². The zero-order chi connectivity index (χ0) is 17.8. The molecule has 0 aliphatic rings. The van der Waals surface area contributed by atoms with Crippen molar-refractivity contribution in [2.24, 2.45) is 0 Å². The van der Waals surface area contributed by atoms with Crippen LogP contribution in [0, 0.1) is 6.92 Å². The van der Waals surface area contributed by atoms with Crippen LogP contribution in [0.2, 0.25) is 0 Å². The van der Waals surface area contributed by atoms with E-state index in [9.17, 15) is 9.59 Å². The highest BCUT2D eigenvalue weighted by Crippen LogP contribution is 2.13. The van der Waals surface area contributed by atoms with Gasteiger partial charge in [-0.25, -0.2) is 4.79 Å². The summed E-state index contributed by atoms with van der Waals surface area (Å²) in [6, 6.07) is 7.03. The molecule has 3 rings (SSSR count). The summed E-state index contributed by atoms with van der Waals surface area (Å²) in [5.74, 6) is -0.217. The first-order chi connectivity index (χ1) is 12.1. The molecule has 0 radical (unpaired) electrons. The van der Waals surface area contributed by atoms with Gasteiger partial charge in [-0.05, 0) is 38.1 Å². The number of aromatic amines is 2. The molecule has 8 heteroatoms. The summed E-state index contributed by atoms with van der Waals surface area (Å²) in [5.41, 5.74) is 3.37. The number of nitrogens with zero attached hydrogens (tertiary/aromatic N) is 2. The average molecular weight is 343 g/mol. The molecular formula is C17H21N5O3. The summed E-state index contributed by atoms with van der Waals surface area (Å²) in [5, 5.41) is 9.73. The Balaban J connectivity index is 1.74. The number of aryl methyl sites for hydroxylation is 1. The summed E-state index contributed by atoms with van der Waals surface area (Å²) in [6.07, 6.45) is 0. The van der Waals surface area contributed by atoms with Gasteiger partial charge in [0.1, 0.15) is 0 Å². The Labute approximate surface area is 144 Å². The number of hydrogen-bond acceptors (Lipinski definition) is 4. The Morgan fingerprint density at radius 1 is 1.36 bits per heavy atom. The van der Waals surface area contributed by atoms with E-state index in [1.54, 1.807) is 22.8 Å². The standard InChI is InChI=1S/C17H21N5O3/c1-3-25-7-6-22-15-5-4-12(9-14(15)19-17(22)24)16(23)18-10-13-8-11(2)20-21-13/h4-5,8-9H,3,6-7,10H2,1-2H3,(H,18,23)(H,19,24)(H,20,21). The van der Waals surface area contributed by atoms with Gasteiger partial charge in [-0.15, -0.1) is 0 Å². The molecule has 2 aromatic heterocycles. The van der Waals surface area contributed by atoms with Gasteiger partial charge in [0.25, 0.3) is 5.91 Å². The highest BCUT2D eigenvalue weighted by Gasteiger charge is 2.11. The second-order valence-corrected chi connectivity index (χ2v) is 5.74. The molecule has 0 aliphatic heterocycles. The molecule has 0 bridgehead atoms. The van der Waals surface area contributed by atoms with Crippen LogP contribution in [0.3, 0.4) is 0 Å². The maximum atomic E-state index is 12.3. The number of ether oxygens (including phenoxy) is 1. The highest BCUT2D eigenvalue weighted by molar-refractivity contribution is 5.97. The van der Waals surface area contributed by atoms with Crippen LogP contribution in [0.4, 0.5) is 0 Å². The summed E-state index contributed by atoms with van der Waals surface area (Å²) in [4.78, 5) is 27.2. The number of carbonyl (C=O) groups excluding carboxylic acids is 1. The van der Waals surface area contributed by atoms with E-state index in [0.29, 0.717) is 37.4 Å². The lowest BCUT2D eigenvalue weighted by molar-refractivity contribution is 0.0950. The molecule has 3 N–H and O–H groups in total. The van der Waals surface area contributed by atoms with E-state index in [2.05, 4.69) is 20.5 Å². The maximum absolute atomic E-state index is 12.3. The molecule has 0 fully saturated rings. The second kappa shape index (κ2) is 7.35. The summed E-state index contributed by atoms with van der Waals surface area (Å²) in [7, 11) is 0. The first-order valence-corrected chi connectivity index (χ1v) is 8.18. The topological polar surface area (TPSA) is 105 Å². The molecule has 0 atom stereocenters. The fourth-order valence-electron chi connectivity index (χ4n) is 2.66. The number of aromatic nitrogens is 4. The van der Waals surface area contributed by atoms with Crippen molar-refractivity contribution in [3.05, 3.63) is 51.7 Å². The van der Waals surface area contributed by atoms with Crippen molar-refractivity contribution < 1.29 is 9.53 Å². The van der Waals surface area contributed by atoms with E-state index in [1.807, 2.05) is 19.9 Å². The van der Waals surface area contributed by atoms with Gasteiger partial charge in [0, 0.05) is 17.9 Å². The number of H-pyrrole nitrogens is 2. The normalized spacial score (nSPS) is 11.1. The molecule has 1 amide bonds. The van der Waals surface area contributed by atoms with Crippen LogP contribution >= 0.6 is 0 Å². The molecule has 0 unspecified atom stereocenters. The minimum atomic E-state index is -0.217. The Morgan fingerprint density at radius 2 is 2.20 bits per heavy atom. The SMILES string of the molecule is CCOCCn1c(=O)[nH]c2cc(C(=O)NCc3cc(C)[nH]n3)ccc21. The number of fused-ring (bicyclic) bond motifs is 1. The van der Waals surface area contributed by atoms with Crippen molar-refractivity contribution in [3.63, 3.8) is 0 Å². The maximum Gasteiger partial charge on any atom is 0.326 e. The quantitative estimate of drug-likeness (QED) is 0.563. The number of rotatable bonds is 7. The Morgan fingerprint density at radius 3 is 2.92 bits per heavy atom.